The lowest BCUT2D eigenvalue weighted by Gasteiger charge is -2.29. The second kappa shape index (κ2) is 7.40. The van der Waals surface area contributed by atoms with Gasteiger partial charge < -0.3 is 11.1 Å². The van der Waals surface area contributed by atoms with Crippen LogP contribution in [-0.2, 0) is 4.79 Å². The number of carbonyl (C=O) groups excluding carboxylic acids is 1. The molecule has 1 fully saturated rings. The minimum absolute atomic E-state index is 0.0351. The Balaban J connectivity index is 1.55. The molecule has 0 saturated carbocycles. The monoisotopic (exact) mass is 309 g/mol. The third-order valence-corrected chi connectivity index (χ3v) is 4.28. The molecule has 0 aliphatic carbocycles. The van der Waals surface area contributed by atoms with E-state index in [0.29, 0.717) is 12.6 Å². The van der Waals surface area contributed by atoms with Crippen LogP contribution in [0.5, 0.6) is 0 Å². The fraction of sp³-hybridized carbons (Fsp3) is 0.316. The van der Waals surface area contributed by atoms with Crippen LogP contribution in [0.4, 0.5) is 5.69 Å². The van der Waals surface area contributed by atoms with E-state index in [1.165, 1.54) is 5.56 Å². The summed E-state index contributed by atoms with van der Waals surface area (Å²) in [5.74, 6) is 0.0351. The number of nitrogens with two attached hydrogens (primary N) is 1. The summed E-state index contributed by atoms with van der Waals surface area (Å²) in [4.78, 5) is 14.3. The summed E-state index contributed by atoms with van der Waals surface area (Å²) in [6.07, 6.45) is 1.94. The average Bonchev–Trinajstić information content (AvgIpc) is 2.58. The Labute approximate surface area is 137 Å². The number of amides is 1. The first-order valence-corrected chi connectivity index (χ1v) is 8.14. The highest BCUT2D eigenvalue weighted by Crippen LogP contribution is 2.21. The fourth-order valence-corrected chi connectivity index (χ4v) is 2.89. The molecule has 0 atom stereocenters. The molecule has 1 aliphatic heterocycles. The standard InChI is InChI=1S/C19H23N3O/c20-17-10-12-22(13-11-17)14-19(23)21-18-8-6-16(7-9-18)15-4-2-1-3-5-15/h1-9,17H,10-14,20H2,(H,21,23). The largest absolute Gasteiger partial charge is 0.328 e. The van der Waals surface area contributed by atoms with Gasteiger partial charge in [-0.3, -0.25) is 9.69 Å². The number of nitrogens with zero attached hydrogens (tertiary/aromatic N) is 1. The number of carbonyl (C=O) groups is 1. The van der Waals surface area contributed by atoms with Gasteiger partial charge in [-0.1, -0.05) is 42.5 Å². The van der Waals surface area contributed by atoms with Gasteiger partial charge in [0.15, 0.2) is 0 Å². The quantitative estimate of drug-likeness (QED) is 0.913. The average molecular weight is 309 g/mol. The molecular formula is C19H23N3O. The molecule has 0 bridgehead atoms. The summed E-state index contributed by atoms with van der Waals surface area (Å²) >= 11 is 0. The van der Waals surface area contributed by atoms with Gasteiger partial charge in [0.05, 0.1) is 6.54 Å². The van der Waals surface area contributed by atoms with Crippen molar-refractivity contribution in [3.05, 3.63) is 54.6 Å². The maximum Gasteiger partial charge on any atom is 0.238 e. The van der Waals surface area contributed by atoms with E-state index in [1.54, 1.807) is 0 Å². The van der Waals surface area contributed by atoms with Gasteiger partial charge in [0, 0.05) is 24.8 Å². The Kier molecular flexibility index (Phi) is 5.05. The van der Waals surface area contributed by atoms with Gasteiger partial charge in [0.25, 0.3) is 0 Å². The molecule has 0 radical (unpaired) electrons. The second-order valence-electron chi connectivity index (χ2n) is 6.11. The summed E-state index contributed by atoms with van der Waals surface area (Å²) in [5, 5.41) is 2.97. The van der Waals surface area contributed by atoms with Crippen molar-refractivity contribution < 1.29 is 4.79 Å². The summed E-state index contributed by atoms with van der Waals surface area (Å²) < 4.78 is 0. The van der Waals surface area contributed by atoms with Crippen molar-refractivity contribution in [3.63, 3.8) is 0 Å². The van der Waals surface area contributed by atoms with Crippen molar-refractivity contribution in [1.82, 2.24) is 4.90 Å². The van der Waals surface area contributed by atoms with Crippen LogP contribution in [0.1, 0.15) is 12.8 Å². The number of piperidine rings is 1. The first-order valence-electron chi connectivity index (χ1n) is 8.14. The van der Waals surface area contributed by atoms with Crippen molar-refractivity contribution in [2.45, 2.75) is 18.9 Å². The minimum atomic E-state index is 0.0351. The van der Waals surface area contributed by atoms with Gasteiger partial charge in [-0.25, -0.2) is 0 Å². The smallest absolute Gasteiger partial charge is 0.238 e. The molecule has 3 rings (SSSR count). The van der Waals surface area contributed by atoms with Crippen molar-refractivity contribution in [1.29, 1.82) is 0 Å². The zero-order valence-corrected chi connectivity index (χ0v) is 13.2. The Morgan fingerprint density at radius 3 is 2.26 bits per heavy atom. The lowest BCUT2D eigenvalue weighted by molar-refractivity contribution is -0.117. The zero-order chi connectivity index (χ0) is 16.1. The van der Waals surface area contributed by atoms with Gasteiger partial charge >= 0.3 is 0 Å². The van der Waals surface area contributed by atoms with E-state index < -0.39 is 0 Å². The molecule has 2 aromatic rings. The van der Waals surface area contributed by atoms with E-state index in [0.717, 1.165) is 37.2 Å². The van der Waals surface area contributed by atoms with Gasteiger partial charge in [-0.05, 0) is 36.1 Å². The van der Waals surface area contributed by atoms with Crippen LogP contribution >= 0.6 is 0 Å². The van der Waals surface area contributed by atoms with E-state index in [4.69, 9.17) is 5.73 Å². The lowest BCUT2D eigenvalue weighted by Crippen LogP contribution is -2.43. The van der Waals surface area contributed by atoms with Crippen LogP contribution in [0, 0.1) is 0 Å². The van der Waals surface area contributed by atoms with E-state index in [9.17, 15) is 4.79 Å². The molecular weight excluding hydrogens is 286 g/mol. The number of likely N-dealkylation sites (tertiary alicyclic amines) is 1. The highest BCUT2D eigenvalue weighted by molar-refractivity contribution is 5.92. The molecule has 1 aliphatic rings. The third-order valence-electron chi connectivity index (χ3n) is 4.28. The highest BCUT2D eigenvalue weighted by atomic mass is 16.2. The van der Waals surface area contributed by atoms with Crippen molar-refractivity contribution in [2.75, 3.05) is 25.0 Å². The van der Waals surface area contributed by atoms with Crippen molar-refractivity contribution >= 4 is 11.6 Å². The van der Waals surface area contributed by atoms with Crippen LogP contribution < -0.4 is 11.1 Å². The van der Waals surface area contributed by atoms with Gasteiger partial charge in [0.1, 0.15) is 0 Å². The van der Waals surface area contributed by atoms with Crippen LogP contribution in [-0.4, -0.2) is 36.5 Å². The molecule has 0 spiro atoms. The summed E-state index contributed by atoms with van der Waals surface area (Å²) in [6, 6.07) is 18.5. The normalized spacial score (nSPS) is 16.2. The summed E-state index contributed by atoms with van der Waals surface area (Å²) in [5.41, 5.74) is 9.05. The van der Waals surface area contributed by atoms with Gasteiger partial charge in [-0.15, -0.1) is 0 Å². The lowest BCUT2D eigenvalue weighted by atomic mass is 10.1. The Morgan fingerprint density at radius 1 is 1.00 bits per heavy atom. The van der Waals surface area contributed by atoms with Crippen molar-refractivity contribution in [3.8, 4) is 11.1 Å². The minimum Gasteiger partial charge on any atom is -0.328 e. The molecule has 1 amide bonds. The molecule has 120 valence electrons. The number of hydrogen-bond acceptors (Lipinski definition) is 3. The number of anilines is 1. The summed E-state index contributed by atoms with van der Waals surface area (Å²) in [6.45, 7) is 2.25. The topological polar surface area (TPSA) is 58.4 Å². The second-order valence-corrected chi connectivity index (χ2v) is 6.11. The van der Waals surface area contributed by atoms with Gasteiger partial charge in [-0.2, -0.15) is 0 Å². The van der Waals surface area contributed by atoms with E-state index in [1.807, 2.05) is 42.5 Å². The van der Waals surface area contributed by atoms with Crippen LogP contribution in [0.2, 0.25) is 0 Å². The van der Waals surface area contributed by atoms with E-state index in [-0.39, 0.29) is 5.91 Å². The zero-order valence-electron chi connectivity index (χ0n) is 13.2. The Morgan fingerprint density at radius 2 is 1.61 bits per heavy atom. The van der Waals surface area contributed by atoms with E-state index in [2.05, 4.69) is 22.3 Å². The molecule has 3 N–H and O–H groups in total. The highest BCUT2D eigenvalue weighted by Gasteiger charge is 2.18. The van der Waals surface area contributed by atoms with Crippen LogP contribution in [0.15, 0.2) is 54.6 Å². The number of nitrogens with one attached hydrogen (secondary N) is 1. The Bertz CT molecular complexity index is 631. The fourth-order valence-electron chi connectivity index (χ4n) is 2.89. The molecule has 23 heavy (non-hydrogen) atoms. The number of rotatable bonds is 4. The maximum absolute atomic E-state index is 12.1. The Hall–Kier alpha value is -2.17. The van der Waals surface area contributed by atoms with E-state index >= 15 is 0 Å². The molecule has 4 heteroatoms. The molecule has 1 saturated heterocycles. The first-order chi connectivity index (χ1) is 11.2. The van der Waals surface area contributed by atoms with Crippen LogP contribution in [0.25, 0.3) is 11.1 Å². The predicted molar refractivity (Wildman–Crippen MR) is 94.2 cm³/mol. The van der Waals surface area contributed by atoms with Crippen LogP contribution in [0.3, 0.4) is 0 Å². The maximum atomic E-state index is 12.1. The van der Waals surface area contributed by atoms with Gasteiger partial charge in [0.2, 0.25) is 5.91 Å². The number of benzene rings is 2. The SMILES string of the molecule is NC1CCN(CC(=O)Nc2ccc(-c3ccccc3)cc2)CC1. The molecule has 0 aromatic heterocycles. The number of hydrogen-bond donors (Lipinski definition) is 2. The molecule has 2 aromatic carbocycles. The molecule has 1 heterocycles. The predicted octanol–water partition coefficient (Wildman–Crippen LogP) is 2.72. The third kappa shape index (κ3) is 4.41. The van der Waals surface area contributed by atoms with Crippen molar-refractivity contribution in [2.24, 2.45) is 5.73 Å². The molecule has 4 nitrogen and oxygen atoms in total. The first kappa shape index (κ1) is 15.7. The molecule has 0 unspecified atom stereocenters. The summed E-state index contributed by atoms with van der Waals surface area (Å²) in [7, 11) is 0.